The van der Waals surface area contributed by atoms with Crippen LogP contribution in [0.3, 0.4) is 0 Å². The van der Waals surface area contributed by atoms with E-state index in [1.54, 1.807) is 12.1 Å². The van der Waals surface area contributed by atoms with Crippen LogP contribution in [0.2, 0.25) is 0 Å². The molecular formula is C18H14FNOS2. The smallest absolute Gasteiger partial charge is 0.176 e. The lowest BCUT2D eigenvalue weighted by molar-refractivity contribution is 0.101. The first-order valence-corrected chi connectivity index (χ1v) is 8.93. The van der Waals surface area contributed by atoms with E-state index in [0.29, 0.717) is 0 Å². The summed E-state index contributed by atoms with van der Waals surface area (Å²) < 4.78 is 14.4. The Bertz CT molecular complexity index is 827. The van der Waals surface area contributed by atoms with Gasteiger partial charge in [0.15, 0.2) is 10.1 Å². The summed E-state index contributed by atoms with van der Waals surface area (Å²) in [6.07, 6.45) is 0. The van der Waals surface area contributed by atoms with Crippen molar-refractivity contribution in [3.8, 4) is 11.3 Å². The van der Waals surface area contributed by atoms with E-state index in [1.165, 1.54) is 40.8 Å². The van der Waals surface area contributed by atoms with Crippen molar-refractivity contribution in [2.45, 2.75) is 11.3 Å². The Hall–Kier alpha value is -1.98. The summed E-state index contributed by atoms with van der Waals surface area (Å²) in [4.78, 5) is 16.6. The van der Waals surface area contributed by atoms with Gasteiger partial charge in [-0.1, -0.05) is 53.7 Å². The van der Waals surface area contributed by atoms with Crippen molar-refractivity contribution in [2.24, 2.45) is 0 Å². The maximum atomic E-state index is 13.6. The zero-order chi connectivity index (χ0) is 16.2. The normalized spacial score (nSPS) is 10.7. The van der Waals surface area contributed by atoms with Crippen LogP contribution in [-0.4, -0.2) is 16.5 Å². The van der Waals surface area contributed by atoms with Gasteiger partial charge in [0.1, 0.15) is 5.82 Å². The van der Waals surface area contributed by atoms with Crippen molar-refractivity contribution in [3.63, 3.8) is 0 Å². The first kappa shape index (κ1) is 15.9. The fourth-order valence-electron chi connectivity index (χ4n) is 2.07. The number of hydrogen-bond donors (Lipinski definition) is 0. The van der Waals surface area contributed by atoms with E-state index in [1.807, 2.05) is 36.6 Å². The highest BCUT2D eigenvalue weighted by molar-refractivity contribution is 8.01. The molecule has 0 saturated carbocycles. The van der Waals surface area contributed by atoms with Crippen LogP contribution in [0, 0.1) is 12.7 Å². The lowest BCUT2D eigenvalue weighted by Gasteiger charge is -2.01. The van der Waals surface area contributed by atoms with Crippen molar-refractivity contribution < 1.29 is 9.18 Å². The molecular weight excluding hydrogens is 329 g/mol. The summed E-state index contributed by atoms with van der Waals surface area (Å²) >= 11 is 2.84. The number of aromatic nitrogens is 1. The van der Waals surface area contributed by atoms with E-state index in [9.17, 15) is 9.18 Å². The van der Waals surface area contributed by atoms with Gasteiger partial charge in [-0.3, -0.25) is 4.79 Å². The molecule has 116 valence electrons. The third-order valence-corrected chi connectivity index (χ3v) is 5.35. The van der Waals surface area contributed by atoms with Crippen molar-refractivity contribution in [1.29, 1.82) is 0 Å². The topological polar surface area (TPSA) is 30.0 Å². The predicted octanol–water partition coefficient (Wildman–Crippen LogP) is 5.23. The van der Waals surface area contributed by atoms with E-state index in [0.717, 1.165) is 15.6 Å². The van der Waals surface area contributed by atoms with Gasteiger partial charge in [0, 0.05) is 10.9 Å². The van der Waals surface area contributed by atoms with Gasteiger partial charge in [-0.05, 0) is 19.1 Å². The fourth-order valence-corrected chi connectivity index (χ4v) is 3.79. The van der Waals surface area contributed by atoms with Gasteiger partial charge in [-0.2, -0.15) is 0 Å². The number of nitrogens with zero attached hydrogens (tertiary/aromatic N) is 1. The molecule has 3 rings (SSSR count). The number of carbonyl (C=O) groups excluding carboxylic acids is 1. The molecule has 0 atom stereocenters. The molecule has 2 nitrogen and oxygen atoms in total. The molecule has 0 unspecified atom stereocenters. The number of thioether (sulfide) groups is 1. The predicted molar refractivity (Wildman–Crippen MR) is 93.7 cm³/mol. The zero-order valence-electron chi connectivity index (χ0n) is 12.5. The summed E-state index contributed by atoms with van der Waals surface area (Å²) in [5.41, 5.74) is 3.29. The third-order valence-electron chi connectivity index (χ3n) is 3.33. The number of Topliss-reactive ketones (excluding diaryl/α,β-unsaturated/α-hetero) is 1. The Morgan fingerprint density at radius 1 is 1.17 bits per heavy atom. The largest absolute Gasteiger partial charge is 0.293 e. The van der Waals surface area contributed by atoms with Crippen LogP contribution in [0.25, 0.3) is 11.3 Å². The van der Waals surface area contributed by atoms with E-state index in [4.69, 9.17) is 0 Å². The molecule has 1 heterocycles. The highest BCUT2D eigenvalue weighted by atomic mass is 32.2. The van der Waals surface area contributed by atoms with Gasteiger partial charge in [0.25, 0.3) is 0 Å². The van der Waals surface area contributed by atoms with Gasteiger partial charge in [0.2, 0.25) is 0 Å². The molecule has 0 spiro atoms. The minimum absolute atomic E-state index is 0.135. The second-order valence-electron chi connectivity index (χ2n) is 5.06. The third kappa shape index (κ3) is 3.86. The molecule has 0 aliphatic carbocycles. The highest BCUT2D eigenvalue weighted by Gasteiger charge is 2.13. The molecule has 23 heavy (non-hydrogen) atoms. The van der Waals surface area contributed by atoms with E-state index < -0.39 is 5.82 Å². The number of hydrogen-bond acceptors (Lipinski definition) is 4. The Labute approximate surface area is 142 Å². The van der Waals surface area contributed by atoms with Crippen LogP contribution in [0.15, 0.2) is 58.3 Å². The van der Waals surface area contributed by atoms with Crippen LogP contribution in [-0.2, 0) is 0 Å². The van der Waals surface area contributed by atoms with E-state index in [2.05, 4.69) is 4.98 Å². The second kappa shape index (κ2) is 7.06. The summed E-state index contributed by atoms with van der Waals surface area (Å²) in [5.74, 6) is -0.514. The molecule has 5 heteroatoms. The molecule has 0 saturated heterocycles. The molecule has 0 N–H and O–H groups in total. The molecule has 2 aromatic carbocycles. The Morgan fingerprint density at radius 3 is 2.65 bits per heavy atom. The van der Waals surface area contributed by atoms with Gasteiger partial charge in [-0.25, -0.2) is 9.37 Å². The summed E-state index contributed by atoms with van der Waals surface area (Å²) in [7, 11) is 0. The average Bonchev–Trinajstić information content (AvgIpc) is 3.03. The standard InChI is InChI=1S/C18H14FNOS2/c1-12-6-8-13(9-7-12)16-10-22-18(20-16)23-11-17(21)14-4-2-3-5-15(14)19/h2-10H,11H2,1H3. The molecule has 0 radical (unpaired) electrons. The summed E-state index contributed by atoms with van der Waals surface area (Å²) in [6.45, 7) is 2.04. The van der Waals surface area contributed by atoms with Crippen molar-refractivity contribution in [2.75, 3.05) is 5.75 Å². The molecule has 0 bridgehead atoms. The minimum atomic E-state index is -0.474. The monoisotopic (exact) mass is 343 g/mol. The molecule has 0 aliphatic rings. The SMILES string of the molecule is Cc1ccc(-c2csc(SCC(=O)c3ccccc3F)n2)cc1. The molecule has 0 aliphatic heterocycles. The first-order valence-electron chi connectivity index (χ1n) is 7.06. The van der Waals surface area contributed by atoms with E-state index in [-0.39, 0.29) is 17.1 Å². The van der Waals surface area contributed by atoms with Crippen LogP contribution in [0.1, 0.15) is 15.9 Å². The van der Waals surface area contributed by atoms with Gasteiger partial charge < -0.3 is 0 Å². The average molecular weight is 343 g/mol. The van der Waals surface area contributed by atoms with Gasteiger partial charge >= 0.3 is 0 Å². The summed E-state index contributed by atoms with van der Waals surface area (Å²) in [6, 6.07) is 14.2. The number of thiazole rings is 1. The van der Waals surface area contributed by atoms with E-state index >= 15 is 0 Å². The number of aryl methyl sites for hydroxylation is 1. The Morgan fingerprint density at radius 2 is 1.91 bits per heavy atom. The van der Waals surface area contributed by atoms with Gasteiger partial charge in [-0.15, -0.1) is 11.3 Å². The fraction of sp³-hybridized carbons (Fsp3) is 0.111. The first-order chi connectivity index (χ1) is 11.1. The van der Waals surface area contributed by atoms with Crippen LogP contribution in [0.4, 0.5) is 4.39 Å². The van der Waals surface area contributed by atoms with Crippen molar-refractivity contribution >= 4 is 28.9 Å². The maximum absolute atomic E-state index is 13.6. The van der Waals surface area contributed by atoms with Crippen molar-refractivity contribution in [3.05, 3.63) is 70.9 Å². The maximum Gasteiger partial charge on any atom is 0.176 e. The molecule has 1 aromatic heterocycles. The second-order valence-corrected chi connectivity index (χ2v) is 7.14. The summed E-state index contributed by atoms with van der Waals surface area (Å²) in [5, 5.41) is 1.97. The Kier molecular flexibility index (Phi) is 4.88. The van der Waals surface area contributed by atoms with Crippen LogP contribution < -0.4 is 0 Å². The lowest BCUT2D eigenvalue weighted by atomic mass is 10.1. The lowest BCUT2D eigenvalue weighted by Crippen LogP contribution is -2.04. The number of carbonyl (C=O) groups is 1. The molecule has 0 fully saturated rings. The van der Waals surface area contributed by atoms with Crippen LogP contribution >= 0.6 is 23.1 Å². The number of benzene rings is 2. The highest BCUT2D eigenvalue weighted by Crippen LogP contribution is 2.29. The molecule has 0 amide bonds. The number of rotatable bonds is 5. The van der Waals surface area contributed by atoms with Gasteiger partial charge in [0.05, 0.1) is 17.0 Å². The number of halogens is 1. The Balaban J connectivity index is 1.67. The van der Waals surface area contributed by atoms with Crippen molar-refractivity contribution in [1.82, 2.24) is 4.98 Å². The number of ketones is 1. The quantitative estimate of drug-likeness (QED) is 0.469. The zero-order valence-corrected chi connectivity index (χ0v) is 14.1. The minimum Gasteiger partial charge on any atom is -0.293 e. The van der Waals surface area contributed by atoms with Crippen LogP contribution in [0.5, 0.6) is 0 Å². The molecule has 3 aromatic rings.